The number of hydrogen-bond acceptors (Lipinski definition) is 2. The van der Waals surface area contributed by atoms with E-state index in [-0.39, 0.29) is 6.42 Å². The Balaban J connectivity index is 1.80. The maximum Gasteiger partial charge on any atom is 0.326 e. The van der Waals surface area contributed by atoms with Crippen LogP contribution >= 0.6 is 31.9 Å². The molecule has 1 atom stereocenters. The summed E-state index contributed by atoms with van der Waals surface area (Å²) in [5, 5.41) is 14.3. The fourth-order valence-corrected chi connectivity index (χ4v) is 4.02. The molecule has 0 heterocycles. The average Bonchev–Trinajstić information content (AvgIpc) is 2.60. The summed E-state index contributed by atoms with van der Waals surface area (Å²) < 4.78 is 1.47. The second kappa shape index (κ2) is 8.01. The number of rotatable bonds is 5. The topological polar surface area (TPSA) is 66.4 Å². The van der Waals surface area contributed by atoms with Crippen molar-refractivity contribution in [1.82, 2.24) is 5.32 Å². The third-order valence-electron chi connectivity index (χ3n) is 3.98. The Hall–Kier alpha value is -2.18. The molecule has 0 radical (unpaired) electrons. The van der Waals surface area contributed by atoms with Crippen LogP contribution in [0.2, 0.25) is 0 Å². The van der Waals surface area contributed by atoms with Crippen molar-refractivity contribution < 1.29 is 14.7 Å². The third kappa shape index (κ3) is 4.51. The van der Waals surface area contributed by atoms with Gasteiger partial charge in [0.25, 0.3) is 5.91 Å². The van der Waals surface area contributed by atoms with Gasteiger partial charge in [-0.15, -0.1) is 0 Å². The summed E-state index contributed by atoms with van der Waals surface area (Å²) in [5.41, 5.74) is 1.24. The highest BCUT2D eigenvalue weighted by atomic mass is 79.9. The van der Waals surface area contributed by atoms with Crippen LogP contribution in [0.4, 0.5) is 0 Å². The zero-order valence-corrected chi connectivity index (χ0v) is 16.7. The minimum atomic E-state index is -1.07. The highest BCUT2D eigenvalue weighted by Crippen LogP contribution is 2.21. The third-order valence-corrected chi connectivity index (χ3v) is 4.90. The van der Waals surface area contributed by atoms with Gasteiger partial charge in [0.05, 0.1) is 0 Å². The van der Waals surface area contributed by atoms with Gasteiger partial charge in [0.1, 0.15) is 6.04 Å². The van der Waals surface area contributed by atoms with E-state index in [1.165, 1.54) is 0 Å². The summed E-state index contributed by atoms with van der Waals surface area (Å²) in [4.78, 5) is 24.1. The monoisotopic (exact) mass is 475 g/mol. The number of carbonyl (C=O) groups excluding carboxylic acids is 1. The Labute approximate surface area is 167 Å². The van der Waals surface area contributed by atoms with Gasteiger partial charge in [0.2, 0.25) is 0 Å². The lowest BCUT2D eigenvalue weighted by Crippen LogP contribution is -2.42. The lowest BCUT2D eigenvalue weighted by Gasteiger charge is -2.15. The number of benzene rings is 3. The molecule has 0 aliphatic heterocycles. The highest BCUT2D eigenvalue weighted by molar-refractivity contribution is 9.11. The minimum Gasteiger partial charge on any atom is -0.480 e. The smallest absolute Gasteiger partial charge is 0.326 e. The Morgan fingerprint density at radius 2 is 1.58 bits per heavy atom. The van der Waals surface area contributed by atoms with Crippen molar-refractivity contribution in [3.05, 3.63) is 80.7 Å². The Kier molecular flexibility index (Phi) is 5.74. The molecule has 2 N–H and O–H groups in total. The Bertz CT molecular complexity index is 967. The minimum absolute atomic E-state index is 0.209. The molecule has 0 saturated heterocycles. The lowest BCUT2D eigenvalue weighted by molar-refractivity contribution is -0.139. The van der Waals surface area contributed by atoms with Gasteiger partial charge in [-0.25, -0.2) is 4.79 Å². The van der Waals surface area contributed by atoms with E-state index in [4.69, 9.17) is 0 Å². The van der Waals surface area contributed by atoms with Crippen molar-refractivity contribution in [3.63, 3.8) is 0 Å². The molecule has 0 aliphatic rings. The number of aliphatic carboxylic acids is 1. The van der Waals surface area contributed by atoms with Gasteiger partial charge in [-0.2, -0.15) is 0 Å². The molecule has 0 aromatic heterocycles. The summed E-state index contributed by atoms with van der Waals surface area (Å²) in [6.45, 7) is 0. The summed E-state index contributed by atoms with van der Waals surface area (Å²) in [6, 6.07) is 17.8. The summed E-state index contributed by atoms with van der Waals surface area (Å²) >= 11 is 6.65. The van der Waals surface area contributed by atoms with Crippen molar-refractivity contribution in [1.29, 1.82) is 0 Å². The van der Waals surface area contributed by atoms with Crippen molar-refractivity contribution in [2.45, 2.75) is 12.5 Å². The van der Waals surface area contributed by atoms with Crippen LogP contribution in [0, 0.1) is 0 Å². The van der Waals surface area contributed by atoms with Gasteiger partial charge in [0.15, 0.2) is 0 Å². The molecular weight excluding hydrogens is 462 g/mol. The van der Waals surface area contributed by atoms with E-state index in [0.29, 0.717) is 5.56 Å². The normalized spacial score (nSPS) is 11.9. The van der Waals surface area contributed by atoms with Crippen LogP contribution in [-0.2, 0) is 11.2 Å². The van der Waals surface area contributed by atoms with Crippen molar-refractivity contribution in [2.75, 3.05) is 0 Å². The number of hydrogen-bond donors (Lipinski definition) is 2. The van der Waals surface area contributed by atoms with Gasteiger partial charge >= 0.3 is 5.97 Å². The van der Waals surface area contributed by atoms with E-state index in [2.05, 4.69) is 37.2 Å². The standard InChI is InChI=1S/C20H15Br2NO3/c21-16-9-15(10-17(22)11-16)19(24)23-18(20(25)26)8-12-5-6-13-3-1-2-4-14(13)7-12/h1-7,9-11,18H,8H2,(H,23,24)(H,25,26)/t18-/m1/s1. The molecule has 0 spiro atoms. The van der Waals surface area contributed by atoms with E-state index >= 15 is 0 Å². The van der Waals surface area contributed by atoms with E-state index in [9.17, 15) is 14.7 Å². The average molecular weight is 477 g/mol. The van der Waals surface area contributed by atoms with Crippen LogP contribution in [0.1, 0.15) is 15.9 Å². The van der Waals surface area contributed by atoms with Crippen molar-refractivity contribution in [3.8, 4) is 0 Å². The number of halogens is 2. The predicted octanol–water partition coefficient (Wildman–Crippen LogP) is 4.79. The predicted molar refractivity (Wildman–Crippen MR) is 108 cm³/mol. The number of carbonyl (C=O) groups is 2. The molecule has 0 bridgehead atoms. The fourth-order valence-electron chi connectivity index (χ4n) is 2.73. The van der Waals surface area contributed by atoms with E-state index in [0.717, 1.165) is 25.3 Å². The first-order valence-corrected chi connectivity index (χ1v) is 9.48. The molecule has 0 fully saturated rings. The number of nitrogens with one attached hydrogen (secondary N) is 1. The van der Waals surface area contributed by atoms with Crippen molar-refractivity contribution >= 4 is 54.5 Å². The van der Waals surface area contributed by atoms with Crippen LogP contribution in [0.5, 0.6) is 0 Å². The zero-order chi connectivity index (χ0) is 18.7. The quantitative estimate of drug-likeness (QED) is 0.556. The second-order valence-corrected chi connectivity index (χ2v) is 7.74. The molecular formula is C20H15Br2NO3. The largest absolute Gasteiger partial charge is 0.480 e. The number of amides is 1. The summed E-state index contributed by atoms with van der Waals surface area (Å²) in [5.74, 6) is -1.50. The number of carboxylic acids is 1. The Morgan fingerprint density at radius 1 is 0.923 bits per heavy atom. The molecule has 6 heteroatoms. The molecule has 1 amide bonds. The van der Waals surface area contributed by atoms with E-state index in [1.807, 2.05) is 42.5 Å². The first-order valence-electron chi connectivity index (χ1n) is 7.90. The highest BCUT2D eigenvalue weighted by Gasteiger charge is 2.21. The van der Waals surface area contributed by atoms with Crippen molar-refractivity contribution in [2.24, 2.45) is 0 Å². The summed E-state index contributed by atoms with van der Waals surface area (Å²) in [7, 11) is 0. The fraction of sp³-hybridized carbons (Fsp3) is 0.100. The Morgan fingerprint density at radius 3 is 2.23 bits per heavy atom. The van der Waals surface area contributed by atoms with E-state index in [1.54, 1.807) is 18.2 Å². The molecule has 26 heavy (non-hydrogen) atoms. The second-order valence-electron chi connectivity index (χ2n) is 5.91. The first-order chi connectivity index (χ1) is 12.4. The van der Waals surface area contributed by atoms with Crippen LogP contribution < -0.4 is 5.32 Å². The van der Waals surface area contributed by atoms with Crippen LogP contribution in [0.15, 0.2) is 69.6 Å². The SMILES string of the molecule is O=C(N[C@H](Cc1ccc2ccccc2c1)C(=O)O)c1cc(Br)cc(Br)c1. The lowest BCUT2D eigenvalue weighted by atomic mass is 10.0. The molecule has 3 aromatic rings. The van der Waals surface area contributed by atoms with Crippen LogP contribution in [0.25, 0.3) is 10.8 Å². The molecule has 0 saturated carbocycles. The van der Waals surface area contributed by atoms with Gasteiger partial charge in [-0.05, 0) is 34.5 Å². The maximum absolute atomic E-state index is 12.5. The number of carboxylic acid groups (broad SMARTS) is 1. The zero-order valence-electron chi connectivity index (χ0n) is 13.6. The van der Waals surface area contributed by atoms with Gasteiger partial charge in [-0.1, -0.05) is 74.3 Å². The van der Waals surface area contributed by atoms with Gasteiger partial charge < -0.3 is 10.4 Å². The van der Waals surface area contributed by atoms with Crippen LogP contribution in [-0.4, -0.2) is 23.0 Å². The van der Waals surface area contributed by atoms with Crippen LogP contribution in [0.3, 0.4) is 0 Å². The maximum atomic E-state index is 12.5. The summed E-state index contributed by atoms with van der Waals surface area (Å²) in [6.07, 6.45) is 0.209. The van der Waals surface area contributed by atoms with E-state index < -0.39 is 17.9 Å². The molecule has 0 unspecified atom stereocenters. The molecule has 3 rings (SSSR count). The first kappa shape index (κ1) is 18.6. The van der Waals surface area contributed by atoms with Gasteiger partial charge in [-0.3, -0.25) is 4.79 Å². The molecule has 3 aromatic carbocycles. The number of fused-ring (bicyclic) bond motifs is 1. The molecule has 0 aliphatic carbocycles. The molecule has 4 nitrogen and oxygen atoms in total. The molecule has 132 valence electrons. The van der Waals surface area contributed by atoms with Gasteiger partial charge in [0, 0.05) is 20.9 Å².